The highest BCUT2D eigenvalue weighted by atomic mass is 79.9. The van der Waals surface area contributed by atoms with Crippen molar-refractivity contribution in [3.63, 3.8) is 0 Å². The molecule has 0 aliphatic heterocycles. The maximum atomic E-state index is 6.78. The minimum Gasteiger partial charge on any atom is -0.494 e. The quantitative estimate of drug-likeness (QED) is 0.286. The van der Waals surface area contributed by atoms with E-state index in [2.05, 4.69) is 52.6 Å². The molecular formula is C22H23Br2ClNO3P. The summed E-state index contributed by atoms with van der Waals surface area (Å²) >= 11 is 13.4. The van der Waals surface area contributed by atoms with Gasteiger partial charge in [-0.2, -0.15) is 0 Å². The minimum absolute atomic E-state index is 0.392. The van der Waals surface area contributed by atoms with Crippen LogP contribution in [-0.4, -0.2) is 12.3 Å². The second-order valence-corrected chi connectivity index (χ2v) is 13.2. The first kappa shape index (κ1) is 23.5. The second kappa shape index (κ2) is 9.12. The van der Waals surface area contributed by atoms with Gasteiger partial charge < -0.3 is 13.7 Å². The number of methoxy groups -OCH3 is 1. The summed E-state index contributed by atoms with van der Waals surface area (Å²) < 4.78 is 25.4. The van der Waals surface area contributed by atoms with Gasteiger partial charge in [0.15, 0.2) is 5.50 Å². The van der Waals surface area contributed by atoms with Gasteiger partial charge in [0.25, 0.3) is 0 Å². The van der Waals surface area contributed by atoms with Crippen LogP contribution in [0.4, 0.5) is 5.69 Å². The number of ether oxygens (including phenoxy) is 1. The number of hydrogen-bond acceptors (Lipinski definition) is 4. The van der Waals surface area contributed by atoms with Gasteiger partial charge in [0, 0.05) is 14.7 Å². The fraction of sp³-hybridized carbons (Fsp3) is 0.273. The average molecular weight is 576 g/mol. The van der Waals surface area contributed by atoms with E-state index in [1.807, 2.05) is 37.3 Å². The summed E-state index contributed by atoms with van der Waals surface area (Å²) in [6.45, 7) is 8.22. The number of aryl methyl sites for hydroxylation is 1. The summed E-state index contributed by atoms with van der Waals surface area (Å²) in [5.74, 6) is 2.10. The topological polar surface area (TPSA) is 44.0 Å². The Bertz CT molecular complexity index is 1120. The molecule has 0 spiro atoms. The molecule has 1 unspecified atom stereocenters. The van der Waals surface area contributed by atoms with Gasteiger partial charge in [-0.3, -0.25) is 0 Å². The monoisotopic (exact) mass is 573 g/mol. The fourth-order valence-corrected chi connectivity index (χ4v) is 7.23. The van der Waals surface area contributed by atoms with E-state index in [-0.39, 0.29) is 0 Å². The third kappa shape index (κ3) is 4.83. The summed E-state index contributed by atoms with van der Waals surface area (Å²) in [7, 11) is -1.17. The van der Waals surface area contributed by atoms with Crippen LogP contribution >= 0.6 is 50.7 Å². The standard InChI is InChI=1S/C22H23Br2ClNO3P/c1-14-6-11-21(28-14)30(22(2,3)4,29-19-9-7-15(23)12-17(19)24)26-18-13-16(25)8-10-20(18)27-5/h6-13H,1-5H3. The molecule has 4 nitrogen and oxygen atoms in total. The lowest BCUT2D eigenvalue weighted by molar-refractivity contribution is 0.416. The van der Waals surface area contributed by atoms with Gasteiger partial charge in [0.2, 0.25) is 7.28 Å². The number of halogens is 3. The lowest BCUT2D eigenvalue weighted by atomic mass is 10.3. The van der Waals surface area contributed by atoms with Crippen molar-refractivity contribution in [2.45, 2.75) is 32.9 Å². The van der Waals surface area contributed by atoms with Crippen molar-refractivity contribution in [3.05, 3.63) is 68.3 Å². The van der Waals surface area contributed by atoms with Crippen LogP contribution in [0.15, 0.2) is 66.6 Å². The molecule has 0 aliphatic rings. The van der Waals surface area contributed by atoms with E-state index in [1.54, 1.807) is 25.3 Å². The molecule has 8 heteroatoms. The van der Waals surface area contributed by atoms with Crippen molar-refractivity contribution in [3.8, 4) is 11.5 Å². The number of furan rings is 1. The van der Waals surface area contributed by atoms with E-state index in [0.29, 0.717) is 27.7 Å². The summed E-state index contributed by atoms with van der Waals surface area (Å²) in [5, 5.41) is 0.180. The maximum Gasteiger partial charge on any atom is 0.207 e. The van der Waals surface area contributed by atoms with E-state index >= 15 is 0 Å². The summed E-state index contributed by atoms with van der Waals surface area (Å²) in [5.41, 5.74) is 1.32. The number of benzene rings is 2. The second-order valence-electron chi connectivity index (χ2n) is 7.71. The van der Waals surface area contributed by atoms with E-state index < -0.39 is 12.4 Å². The van der Waals surface area contributed by atoms with E-state index in [4.69, 9.17) is 30.0 Å². The molecule has 1 atom stereocenters. The molecule has 0 saturated carbocycles. The molecule has 160 valence electrons. The zero-order valence-corrected chi connectivity index (χ0v) is 22.2. The Balaban J connectivity index is 2.36. The molecule has 0 N–H and O–H groups in total. The Kier molecular flexibility index (Phi) is 7.13. The Hall–Kier alpha value is -1.20. The molecular weight excluding hydrogens is 552 g/mol. The number of hydrogen-bond donors (Lipinski definition) is 0. The number of nitrogens with zero attached hydrogens (tertiary/aromatic N) is 1. The first-order valence-electron chi connectivity index (χ1n) is 9.23. The normalized spacial score (nSPS) is 13.6. The Labute approximate surface area is 199 Å². The first-order chi connectivity index (χ1) is 14.1. The van der Waals surface area contributed by atoms with Crippen LogP contribution in [0.5, 0.6) is 11.5 Å². The van der Waals surface area contributed by atoms with E-state index in [1.165, 1.54) is 0 Å². The molecule has 0 aliphatic carbocycles. The van der Waals surface area contributed by atoms with Crippen molar-refractivity contribution in [1.82, 2.24) is 0 Å². The predicted molar refractivity (Wildman–Crippen MR) is 132 cm³/mol. The molecule has 0 fully saturated rings. The van der Waals surface area contributed by atoms with Crippen LogP contribution in [0, 0.1) is 6.92 Å². The van der Waals surface area contributed by atoms with Crippen LogP contribution in [0.3, 0.4) is 0 Å². The lowest BCUT2D eigenvalue weighted by Crippen LogP contribution is -2.26. The fourth-order valence-electron chi connectivity index (χ4n) is 2.90. The maximum absolute atomic E-state index is 6.78. The lowest BCUT2D eigenvalue weighted by Gasteiger charge is -2.35. The predicted octanol–water partition coefficient (Wildman–Crippen LogP) is 8.73. The third-order valence-electron chi connectivity index (χ3n) is 4.45. The van der Waals surface area contributed by atoms with E-state index in [0.717, 1.165) is 14.7 Å². The first-order valence-corrected chi connectivity index (χ1v) is 12.9. The van der Waals surface area contributed by atoms with Gasteiger partial charge in [-0.1, -0.05) is 48.3 Å². The van der Waals surface area contributed by atoms with Crippen LogP contribution in [0.25, 0.3) is 0 Å². The molecule has 2 aromatic carbocycles. The zero-order valence-electron chi connectivity index (χ0n) is 17.4. The SMILES string of the molecule is COc1ccc(Cl)cc1N=P(Oc1ccc(Br)cc1Br)(c1ccc(C)o1)C(C)(C)C. The van der Waals surface area contributed by atoms with Crippen LogP contribution < -0.4 is 14.8 Å². The molecule has 30 heavy (non-hydrogen) atoms. The molecule has 0 radical (unpaired) electrons. The summed E-state index contributed by atoms with van der Waals surface area (Å²) in [6.07, 6.45) is 0. The van der Waals surface area contributed by atoms with Crippen molar-refractivity contribution in [2.75, 3.05) is 7.11 Å². The van der Waals surface area contributed by atoms with Crippen molar-refractivity contribution in [2.24, 2.45) is 4.74 Å². The smallest absolute Gasteiger partial charge is 0.207 e. The van der Waals surface area contributed by atoms with Crippen LogP contribution in [0.2, 0.25) is 5.02 Å². The minimum atomic E-state index is -2.78. The molecule has 3 aromatic rings. The summed E-state index contributed by atoms with van der Waals surface area (Å²) in [6, 6.07) is 15.0. The Morgan fingerprint density at radius 3 is 2.27 bits per heavy atom. The highest BCUT2D eigenvalue weighted by molar-refractivity contribution is 9.11. The molecule has 0 amide bonds. The van der Waals surface area contributed by atoms with Gasteiger partial charge in [-0.25, -0.2) is 4.74 Å². The molecule has 0 saturated heterocycles. The van der Waals surface area contributed by atoms with Crippen molar-refractivity contribution >= 4 is 61.9 Å². The Morgan fingerprint density at radius 1 is 1.00 bits per heavy atom. The largest absolute Gasteiger partial charge is 0.494 e. The van der Waals surface area contributed by atoms with Gasteiger partial charge in [0.1, 0.15) is 22.9 Å². The van der Waals surface area contributed by atoms with Crippen molar-refractivity contribution < 1.29 is 13.7 Å². The molecule has 1 aromatic heterocycles. The molecule has 0 bridgehead atoms. The molecule has 1 heterocycles. The average Bonchev–Trinajstić information content (AvgIpc) is 3.09. The summed E-state index contributed by atoms with van der Waals surface area (Å²) in [4.78, 5) is 0. The molecule has 3 rings (SSSR count). The zero-order chi connectivity index (χ0) is 22.1. The van der Waals surface area contributed by atoms with Crippen LogP contribution in [-0.2, 0) is 0 Å². The number of rotatable bonds is 5. The highest BCUT2D eigenvalue weighted by Crippen LogP contribution is 2.63. The van der Waals surface area contributed by atoms with Gasteiger partial charge in [-0.05, 0) is 71.4 Å². The Morgan fingerprint density at radius 2 is 1.70 bits per heavy atom. The van der Waals surface area contributed by atoms with Crippen molar-refractivity contribution in [1.29, 1.82) is 0 Å². The van der Waals surface area contributed by atoms with Crippen LogP contribution in [0.1, 0.15) is 26.5 Å². The third-order valence-corrected chi connectivity index (χ3v) is 9.41. The van der Waals surface area contributed by atoms with Gasteiger partial charge in [-0.15, -0.1) is 0 Å². The van der Waals surface area contributed by atoms with E-state index in [9.17, 15) is 0 Å². The van der Waals surface area contributed by atoms with Gasteiger partial charge in [0.05, 0.1) is 11.6 Å². The highest BCUT2D eigenvalue weighted by Gasteiger charge is 2.42. The van der Waals surface area contributed by atoms with Gasteiger partial charge >= 0.3 is 0 Å².